The van der Waals surface area contributed by atoms with E-state index in [1.54, 1.807) is 0 Å². The molecule has 1 aromatic carbocycles. The Morgan fingerprint density at radius 3 is 2.80 bits per heavy atom. The molecule has 0 unspecified atom stereocenters. The van der Waals surface area contributed by atoms with E-state index in [4.69, 9.17) is 4.42 Å². The lowest BCUT2D eigenvalue weighted by Gasteiger charge is -2.16. The molecule has 0 aliphatic carbocycles. The monoisotopic (exact) mass is 266 g/mol. The Kier molecular flexibility index (Phi) is 3.52. The average Bonchev–Trinajstić information content (AvgIpc) is 2.83. The van der Waals surface area contributed by atoms with Crippen molar-refractivity contribution in [1.82, 2.24) is 9.88 Å². The van der Waals surface area contributed by atoms with Crippen LogP contribution in [0.4, 0.5) is 0 Å². The maximum absolute atomic E-state index is 5.85. The van der Waals surface area contributed by atoms with E-state index in [0.717, 1.165) is 29.8 Å². The van der Waals surface area contributed by atoms with Gasteiger partial charge in [-0.2, -0.15) is 0 Å². The normalized spacial score (nSPS) is 11.3. The average molecular weight is 266 g/mol. The predicted molar refractivity (Wildman–Crippen MR) is 80.4 cm³/mol. The number of rotatable bonds is 4. The second kappa shape index (κ2) is 5.47. The number of benzene rings is 1. The molecular formula is C17H18N2O. The fourth-order valence-corrected chi connectivity index (χ4v) is 2.41. The van der Waals surface area contributed by atoms with Crippen LogP contribution < -0.4 is 0 Å². The molecule has 3 rings (SSSR count). The van der Waals surface area contributed by atoms with E-state index in [-0.39, 0.29) is 0 Å². The van der Waals surface area contributed by atoms with Gasteiger partial charge in [0.15, 0.2) is 0 Å². The highest BCUT2D eigenvalue weighted by Crippen LogP contribution is 2.20. The third kappa shape index (κ3) is 2.73. The topological polar surface area (TPSA) is 29.3 Å². The van der Waals surface area contributed by atoms with E-state index >= 15 is 0 Å². The number of aromatic nitrogens is 1. The Balaban J connectivity index is 1.72. The van der Waals surface area contributed by atoms with Crippen LogP contribution in [-0.2, 0) is 13.1 Å². The Labute approximate surface area is 118 Å². The number of aryl methyl sites for hydroxylation is 1. The van der Waals surface area contributed by atoms with Crippen LogP contribution in [0.25, 0.3) is 11.0 Å². The van der Waals surface area contributed by atoms with Crippen LogP contribution >= 0.6 is 0 Å². The quantitative estimate of drug-likeness (QED) is 0.720. The molecule has 0 aliphatic rings. The van der Waals surface area contributed by atoms with Gasteiger partial charge in [-0.3, -0.25) is 9.88 Å². The minimum atomic E-state index is 0.802. The summed E-state index contributed by atoms with van der Waals surface area (Å²) < 4.78 is 5.85. The number of pyridine rings is 1. The van der Waals surface area contributed by atoms with E-state index in [0.29, 0.717) is 0 Å². The first-order chi connectivity index (χ1) is 9.72. The van der Waals surface area contributed by atoms with E-state index in [1.807, 2.05) is 30.6 Å². The zero-order valence-corrected chi connectivity index (χ0v) is 11.8. The van der Waals surface area contributed by atoms with Crippen LogP contribution in [0.3, 0.4) is 0 Å². The maximum atomic E-state index is 5.85. The van der Waals surface area contributed by atoms with Gasteiger partial charge in [-0.15, -0.1) is 0 Å². The third-order valence-corrected chi connectivity index (χ3v) is 3.48. The summed E-state index contributed by atoms with van der Waals surface area (Å²) in [5.41, 5.74) is 3.48. The highest BCUT2D eigenvalue weighted by atomic mass is 16.3. The number of furan rings is 1. The molecule has 0 bridgehead atoms. The Hall–Kier alpha value is -2.13. The van der Waals surface area contributed by atoms with Crippen LogP contribution in [0, 0.1) is 6.92 Å². The van der Waals surface area contributed by atoms with E-state index < -0.39 is 0 Å². The molecule has 0 saturated carbocycles. The number of hydrogen-bond donors (Lipinski definition) is 0. The van der Waals surface area contributed by atoms with Gasteiger partial charge in [-0.05, 0) is 43.3 Å². The molecule has 0 N–H and O–H groups in total. The van der Waals surface area contributed by atoms with Crippen molar-refractivity contribution in [2.24, 2.45) is 0 Å². The van der Waals surface area contributed by atoms with Gasteiger partial charge in [0.25, 0.3) is 0 Å². The number of hydrogen-bond acceptors (Lipinski definition) is 3. The number of nitrogens with zero attached hydrogens (tertiary/aromatic N) is 2. The van der Waals surface area contributed by atoms with Gasteiger partial charge in [0.2, 0.25) is 0 Å². The molecule has 2 heterocycles. The molecule has 3 heteroatoms. The second-order valence-electron chi connectivity index (χ2n) is 5.22. The van der Waals surface area contributed by atoms with Crippen molar-refractivity contribution in [2.75, 3.05) is 7.05 Å². The molecule has 0 fully saturated rings. The van der Waals surface area contributed by atoms with Crippen LogP contribution in [0.5, 0.6) is 0 Å². The van der Waals surface area contributed by atoms with Crippen LogP contribution in [0.15, 0.2) is 53.2 Å². The zero-order chi connectivity index (χ0) is 13.9. The van der Waals surface area contributed by atoms with Crippen molar-refractivity contribution in [1.29, 1.82) is 0 Å². The van der Waals surface area contributed by atoms with Gasteiger partial charge in [0.1, 0.15) is 11.3 Å². The van der Waals surface area contributed by atoms with Crippen molar-refractivity contribution in [2.45, 2.75) is 20.0 Å². The highest BCUT2D eigenvalue weighted by molar-refractivity contribution is 5.77. The summed E-state index contributed by atoms with van der Waals surface area (Å²) in [5, 5.41) is 1.16. The summed E-state index contributed by atoms with van der Waals surface area (Å²) >= 11 is 0. The first-order valence-electron chi connectivity index (χ1n) is 6.78. The number of fused-ring (bicyclic) bond motifs is 1. The zero-order valence-electron chi connectivity index (χ0n) is 11.8. The number of para-hydroxylation sites is 1. The van der Waals surface area contributed by atoms with Gasteiger partial charge in [-0.1, -0.05) is 18.2 Å². The molecule has 0 amide bonds. The fourth-order valence-electron chi connectivity index (χ4n) is 2.41. The first kappa shape index (κ1) is 12.9. The van der Waals surface area contributed by atoms with Crippen molar-refractivity contribution in [3.63, 3.8) is 0 Å². The second-order valence-corrected chi connectivity index (χ2v) is 5.22. The lowest BCUT2D eigenvalue weighted by Crippen LogP contribution is -2.17. The summed E-state index contributed by atoms with van der Waals surface area (Å²) in [6.07, 6.45) is 3.75. The van der Waals surface area contributed by atoms with Crippen LogP contribution in [0.1, 0.15) is 16.9 Å². The third-order valence-electron chi connectivity index (χ3n) is 3.48. The summed E-state index contributed by atoms with van der Waals surface area (Å²) in [7, 11) is 2.10. The molecule has 2 aromatic heterocycles. The van der Waals surface area contributed by atoms with Crippen LogP contribution in [0.2, 0.25) is 0 Å². The van der Waals surface area contributed by atoms with Gasteiger partial charge >= 0.3 is 0 Å². The van der Waals surface area contributed by atoms with Gasteiger partial charge in [0.05, 0.1) is 6.54 Å². The molecular weight excluding hydrogens is 248 g/mol. The summed E-state index contributed by atoms with van der Waals surface area (Å²) in [6.45, 7) is 3.79. The smallest absolute Gasteiger partial charge is 0.134 e. The van der Waals surface area contributed by atoms with Gasteiger partial charge < -0.3 is 4.42 Å². The van der Waals surface area contributed by atoms with E-state index in [2.05, 4.69) is 42.1 Å². The lowest BCUT2D eigenvalue weighted by atomic mass is 10.1. The standard InChI is InChI=1S/C17H18N2O/c1-13-10-18-8-7-15(13)11-19(2)12-16-9-14-5-3-4-6-17(14)20-16/h3-10H,11-12H2,1-2H3. The van der Waals surface area contributed by atoms with Gasteiger partial charge in [0, 0.05) is 24.3 Å². The van der Waals surface area contributed by atoms with Crippen molar-refractivity contribution in [3.05, 3.63) is 65.7 Å². The van der Waals surface area contributed by atoms with Crippen molar-refractivity contribution in [3.8, 4) is 0 Å². The predicted octanol–water partition coefficient (Wildman–Crippen LogP) is 3.77. The molecule has 0 saturated heterocycles. The fraction of sp³-hybridized carbons (Fsp3) is 0.235. The largest absolute Gasteiger partial charge is 0.460 e. The molecule has 20 heavy (non-hydrogen) atoms. The summed E-state index contributed by atoms with van der Waals surface area (Å²) in [5.74, 6) is 1.00. The molecule has 3 aromatic rings. The Morgan fingerprint density at radius 2 is 2.00 bits per heavy atom. The van der Waals surface area contributed by atoms with Crippen LogP contribution in [-0.4, -0.2) is 16.9 Å². The first-order valence-corrected chi connectivity index (χ1v) is 6.78. The summed E-state index contributed by atoms with van der Waals surface area (Å²) in [4.78, 5) is 6.38. The molecule has 102 valence electrons. The van der Waals surface area contributed by atoms with Crippen molar-refractivity contribution >= 4 is 11.0 Å². The SMILES string of the molecule is Cc1cnccc1CN(C)Cc1cc2ccccc2o1. The Bertz CT molecular complexity index is 685. The molecule has 0 radical (unpaired) electrons. The lowest BCUT2D eigenvalue weighted by molar-refractivity contribution is 0.291. The van der Waals surface area contributed by atoms with E-state index in [1.165, 1.54) is 11.1 Å². The molecule has 0 atom stereocenters. The Morgan fingerprint density at radius 1 is 1.15 bits per heavy atom. The van der Waals surface area contributed by atoms with Crippen molar-refractivity contribution < 1.29 is 4.42 Å². The maximum Gasteiger partial charge on any atom is 0.134 e. The minimum absolute atomic E-state index is 0.802. The molecule has 0 spiro atoms. The molecule has 3 nitrogen and oxygen atoms in total. The highest BCUT2D eigenvalue weighted by Gasteiger charge is 2.08. The minimum Gasteiger partial charge on any atom is -0.460 e. The van der Waals surface area contributed by atoms with Gasteiger partial charge in [-0.25, -0.2) is 0 Å². The summed E-state index contributed by atoms with van der Waals surface area (Å²) in [6, 6.07) is 12.3. The van der Waals surface area contributed by atoms with E-state index in [9.17, 15) is 0 Å². The molecule has 0 aliphatic heterocycles.